The van der Waals surface area contributed by atoms with Crippen molar-refractivity contribution in [2.75, 3.05) is 13.1 Å². The number of nitrogens with zero attached hydrogens (tertiary/aromatic N) is 1. The van der Waals surface area contributed by atoms with E-state index in [0.717, 1.165) is 6.04 Å². The first-order valence-corrected chi connectivity index (χ1v) is 5.58. The molecule has 0 aliphatic carbocycles. The van der Waals surface area contributed by atoms with E-state index in [1.807, 2.05) is 13.8 Å². The molecule has 0 aromatic rings. The summed E-state index contributed by atoms with van der Waals surface area (Å²) in [5.41, 5.74) is 0. The molecular weight excluding hydrogens is 146 g/mol. The molecule has 1 fully saturated rings. The fraction of sp³-hybridized carbons (Fsp3) is 1.00. The molecule has 0 bridgehead atoms. The highest BCUT2D eigenvalue weighted by Crippen LogP contribution is 2.13. The SMILES string of the molecule is CC.CCC(C)N1CCCCC1. The molecule has 1 saturated heterocycles. The monoisotopic (exact) mass is 171 g/mol. The van der Waals surface area contributed by atoms with Gasteiger partial charge < -0.3 is 4.90 Å². The Morgan fingerprint density at radius 2 is 1.58 bits per heavy atom. The van der Waals surface area contributed by atoms with Crippen molar-refractivity contribution in [3.63, 3.8) is 0 Å². The molecule has 0 saturated carbocycles. The number of hydrogen-bond donors (Lipinski definition) is 0. The first kappa shape index (κ1) is 12.0. The molecule has 1 atom stereocenters. The Bertz CT molecular complexity index is 85.0. The van der Waals surface area contributed by atoms with Gasteiger partial charge in [0.05, 0.1) is 0 Å². The second-order valence-electron chi connectivity index (χ2n) is 3.35. The van der Waals surface area contributed by atoms with E-state index in [-0.39, 0.29) is 0 Å². The molecule has 1 unspecified atom stereocenters. The quantitative estimate of drug-likeness (QED) is 0.616. The van der Waals surface area contributed by atoms with Crippen molar-refractivity contribution in [1.29, 1.82) is 0 Å². The van der Waals surface area contributed by atoms with E-state index in [9.17, 15) is 0 Å². The second kappa shape index (κ2) is 7.60. The summed E-state index contributed by atoms with van der Waals surface area (Å²) in [6.07, 6.45) is 5.60. The van der Waals surface area contributed by atoms with Crippen molar-refractivity contribution in [3.05, 3.63) is 0 Å². The molecule has 1 rings (SSSR count). The lowest BCUT2D eigenvalue weighted by Crippen LogP contribution is -2.36. The van der Waals surface area contributed by atoms with Crippen molar-refractivity contribution < 1.29 is 0 Å². The van der Waals surface area contributed by atoms with Crippen LogP contribution in [0.2, 0.25) is 0 Å². The Kier molecular flexibility index (Phi) is 7.58. The van der Waals surface area contributed by atoms with E-state index < -0.39 is 0 Å². The normalized spacial score (nSPS) is 21.0. The van der Waals surface area contributed by atoms with Gasteiger partial charge in [0, 0.05) is 6.04 Å². The molecule has 0 aromatic carbocycles. The lowest BCUT2D eigenvalue weighted by atomic mass is 10.1. The number of hydrogen-bond acceptors (Lipinski definition) is 1. The molecule has 1 aliphatic heterocycles. The first-order valence-electron chi connectivity index (χ1n) is 5.58. The van der Waals surface area contributed by atoms with Gasteiger partial charge >= 0.3 is 0 Å². The van der Waals surface area contributed by atoms with Crippen LogP contribution in [0.15, 0.2) is 0 Å². The van der Waals surface area contributed by atoms with Crippen molar-refractivity contribution in [3.8, 4) is 0 Å². The maximum Gasteiger partial charge on any atom is 0.00643 e. The lowest BCUT2D eigenvalue weighted by Gasteiger charge is -2.31. The van der Waals surface area contributed by atoms with Crippen LogP contribution in [-0.4, -0.2) is 24.0 Å². The average Bonchev–Trinajstić information content (AvgIpc) is 2.21. The first-order chi connectivity index (χ1) is 5.84. The molecule has 0 aromatic heterocycles. The highest BCUT2D eigenvalue weighted by Gasteiger charge is 2.13. The van der Waals surface area contributed by atoms with Crippen molar-refractivity contribution in [1.82, 2.24) is 4.90 Å². The molecule has 1 heterocycles. The molecule has 0 spiro atoms. The molecule has 74 valence electrons. The van der Waals surface area contributed by atoms with Gasteiger partial charge in [-0.25, -0.2) is 0 Å². The van der Waals surface area contributed by atoms with Crippen molar-refractivity contribution in [2.45, 2.75) is 59.4 Å². The Morgan fingerprint density at radius 3 is 2.00 bits per heavy atom. The van der Waals surface area contributed by atoms with Crippen molar-refractivity contribution in [2.24, 2.45) is 0 Å². The van der Waals surface area contributed by atoms with E-state index in [1.165, 1.54) is 38.8 Å². The summed E-state index contributed by atoms with van der Waals surface area (Å²) in [5, 5.41) is 0. The maximum atomic E-state index is 2.61. The van der Waals surface area contributed by atoms with Crippen LogP contribution in [0.4, 0.5) is 0 Å². The van der Waals surface area contributed by atoms with Gasteiger partial charge in [0.2, 0.25) is 0 Å². The number of rotatable bonds is 2. The van der Waals surface area contributed by atoms with Gasteiger partial charge in [0.25, 0.3) is 0 Å². The van der Waals surface area contributed by atoms with Gasteiger partial charge in [0.15, 0.2) is 0 Å². The van der Waals surface area contributed by atoms with Crippen LogP contribution in [0.25, 0.3) is 0 Å². The minimum atomic E-state index is 0.820. The average molecular weight is 171 g/mol. The predicted molar refractivity (Wildman–Crippen MR) is 56.5 cm³/mol. The summed E-state index contributed by atoms with van der Waals surface area (Å²) < 4.78 is 0. The van der Waals surface area contributed by atoms with Crippen LogP contribution in [0.3, 0.4) is 0 Å². The predicted octanol–water partition coefficient (Wildman–Crippen LogP) is 3.30. The van der Waals surface area contributed by atoms with Crippen LogP contribution < -0.4 is 0 Å². The fourth-order valence-corrected chi connectivity index (χ4v) is 1.62. The molecule has 1 aliphatic rings. The fourth-order valence-electron chi connectivity index (χ4n) is 1.62. The highest BCUT2D eigenvalue weighted by molar-refractivity contribution is 4.69. The topological polar surface area (TPSA) is 3.24 Å². The second-order valence-corrected chi connectivity index (χ2v) is 3.35. The third-order valence-electron chi connectivity index (χ3n) is 2.60. The summed E-state index contributed by atoms with van der Waals surface area (Å²) in [5.74, 6) is 0. The molecule has 1 heteroatoms. The van der Waals surface area contributed by atoms with Crippen LogP contribution in [0, 0.1) is 0 Å². The largest absolute Gasteiger partial charge is 0.301 e. The van der Waals surface area contributed by atoms with E-state index in [4.69, 9.17) is 0 Å². The van der Waals surface area contributed by atoms with Crippen LogP contribution in [0.1, 0.15) is 53.4 Å². The van der Waals surface area contributed by atoms with E-state index >= 15 is 0 Å². The van der Waals surface area contributed by atoms with E-state index in [1.54, 1.807) is 0 Å². The van der Waals surface area contributed by atoms with Gasteiger partial charge in [-0.1, -0.05) is 27.2 Å². The van der Waals surface area contributed by atoms with Crippen molar-refractivity contribution >= 4 is 0 Å². The standard InChI is InChI=1S/C9H19N.C2H6/c1-3-9(2)10-7-5-4-6-8-10;1-2/h9H,3-8H2,1-2H3;1-2H3. The summed E-state index contributed by atoms with van der Waals surface area (Å²) in [7, 11) is 0. The zero-order valence-electron chi connectivity index (χ0n) is 9.27. The molecule has 12 heavy (non-hydrogen) atoms. The minimum absolute atomic E-state index is 0.820. The Morgan fingerprint density at radius 1 is 1.08 bits per heavy atom. The smallest absolute Gasteiger partial charge is 0.00643 e. The molecule has 0 radical (unpaired) electrons. The molecule has 1 nitrogen and oxygen atoms in total. The third kappa shape index (κ3) is 4.10. The van der Waals surface area contributed by atoms with Crippen LogP contribution >= 0.6 is 0 Å². The molecular formula is C11H25N. The van der Waals surface area contributed by atoms with Gasteiger partial charge in [0.1, 0.15) is 0 Å². The maximum absolute atomic E-state index is 2.61. The summed E-state index contributed by atoms with van der Waals surface area (Å²) >= 11 is 0. The number of likely N-dealkylation sites (tertiary alicyclic amines) is 1. The Labute approximate surface area is 78.1 Å². The Balaban J connectivity index is 0.000000561. The third-order valence-corrected chi connectivity index (χ3v) is 2.60. The summed E-state index contributed by atoms with van der Waals surface area (Å²) in [6, 6.07) is 0.820. The van der Waals surface area contributed by atoms with Crippen LogP contribution in [0.5, 0.6) is 0 Å². The van der Waals surface area contributed by atoms with Gasteiger partial charge in [-0.15, -0.1) is 0 Å². The van der Waals surface area contributed by atoms with E-state index in [2.05, 4.69) is 18.7 Å². The summed E-state index contributed by atoms with van der Waals surface area (Å²) in [4.78, 5) is 2.61. The van der Waals surface area contributed by atoms with Crippen LogP contribution in [-0.2, 0) is 0 Å². The molecule has 0 N–H and O–H groups in total. The van der Waals surface area contributed by atoms with Gasteiger partial charge in [-0.3, -0.25) is 0 Å². The lowest BCUT2D eigenvalue weighted by molar-refractivity contribution is 0.170. The van der Waals surface area contributed by atoms with E-state index in [0.29, 0.717) is 0 Å². The highest BCUT2D eigenvalue weighted by atomic mass is 15.1. The molecule has 0 amide bonds. The Hall–Kier alpha value is -0.0400. The van der Waals surface area contributed by atoms with Gasteiger partial charge in [-0.05, 0) is 39.3 Å². The van der Waals surface area contributed by atoms with Gasteiger partial charge in [-0.2, -0.15) is 0 Å². The number of piperidine rings is 1. The minimum Gasteiger partial charge on any atom is -0.301 e. The zero-order valence-corrected chi connectivity index (χ0v) is 9.27. The summed E-state index contributed by atoms with van der Waals surface area (Å²) in [6.45, 7) is 11.3. The zero-order chi connectivity index (χ0) is 9.40.